The highest BCUT2D eigenvalue weighted by Gasteiger charge is 2.46. The number of unbranched alkanes of at least 4 members (excludes halogenated alkanes) is 2. The van der Waals surface area contributed by atoms with E-state index in [-0.39, 0.29) is 74.5 Å². The maximum absolute atomic E-state index is 15.5. The summed E-state index contributed by atoms with van der Waals surface area (Å²) in [5, 5.41) is 38.6. The molecule has 5 heterocycles. The summed E-state index contributed by atoms with van der Waals surface area (Å²) in [7, 11) is 0. The van der Waals surface area contributed by atoms with E-state index in [0.717, 1.165) is 10.5 Å². The summed E-state index contributed by atoms with van der Waals surface area (Å²) in [5.74, 6) is -4.88. The Morgan fingerprint density at radius 3 is 2.29 bits per heavy atom. The Kier molecular flexibility index (Phi) is 16.6. The van der Waals surface area contributed by atoms with Gasteiger partial charge in [0.2, 0.25) is 35.4 Å². The number of hydrogen-bond donors (Lipinski definition) is 8. The van der Waals surface area contributed by atoms with Crippen molar-refractivity contribution >= 4 is 58.2 Å². The highest BCUT2D eigenvalue weighted by molar-refractivity contribution is 6.12. The van der Waals surface area contributed by atoms with Crippen molar-refractivity contribution < 1.29 is 62.4 Å². The van der Waals surface area contributed by atoms with E-state index < -0.39 is 96.5 Å². The molecule has 9 rings (SSSR count). The van der Waals surface area contributed by atoms with Crippen LogP contribution in [0.3, 0.4) is 0 Å². The molecule has 3 aliphatic heterocycles. The number of nitrogens with one attached hydrogen (secondary N) is 6. The molecule has 0 saturated heterocycles. The molecule has 23 heteroatoms. The first-order chi connectivity index (χ1) is 37.4. The lowest BCUT2D eigenvalue weighted by Gasteiger charge is -2.37. The third-order valence-corrected chi connectivity index (χ3v) is 15.1. The second-order valence-corrected chi connectivity index (χ2v) is 20.3. The van der Waals surface area contributed by atoms with Crippen LogP contribution in [-0.4, -0.2) is 123 Å². The number of ether oxygens (including phenoxy) is 2. The topological polar surface area (TPSA) is 306 Å². The van der Waals surface area contributed by atoms with E-state index in [1.165, 1.54) is 22.8 Å². The maximum atomic E-state index is 15.5. The summed E-state index contributed by atoms with van der Waals surface area (Å²) in [6.07, 6.45) is 3.82. The van der Waals surface area contributed by atoms with E-state index in [9.17, 15) is 53.4 Å². The Hall–Kier alpha value is -7.73. The van der Waals surface area contributed by atoms with E-state index in [0.29, 0.717) is 89.5 Å². The van der Waals surface area contributed by atoms with Crippen LogP contribution in [0.15, 0.2) is 59.4 Å². The van der Waals surface area contributed by atoms with Gasteiger partial charge in [0.15, 0.2) is 6.29 Å². The van der Waals surface area contributed by atoms with Gasteiger partial charge >= 0.3 is 0 Å². The molecule has 1 fully saturated rings. The number of benzene rings is 2. The predicted molar refractivity (Wildman–Crippen MR) is 275 cm³/mol. The Morgan fingerprint density at radius 1 is 0.859 bits per heavy atom. The van der Waals surface area contributed by atoms with Gasteiger partial charge in [-0.2, -0.15) is 0 Å². The van der Waals surface area contributed by atoms with Gasteiger partial charge in [-0.25, -0.2) is 9.37 Å². The van der Waals surface area contributed by atoms with E-state index in [1.807, 2.05) is 0 Å². The number of aromatic nitrogens is 2. The number of nitrogens with zero attached hydrogens (tertiary/aromatic N) is 3. The number of carbonyl (C=O) groups excluding carboxylic acids is 8. The number of aryl methyl sites for hydroxylation is 1. The number of pyridine rings is 2. The molecule has 5 aliphatic rings. The molecule has 1 saturated carbocycles. The van der Waals surface area contributed by atoms with Gasteiger partial charge in [0, 0.05) is 59.7 Å². The number of aliphatic hydroxyl groups excluding tert-OH is 1. The molecule has 22 nitrogen and oxygen atoms in total. The van der Waals surface area contributed by atoms with Crippen molar-refractivity contribution in [3.05, 3.63) is 110 Å². The zero-order chi connectivity index (χ0) is 55.4. The number of imide groups is 1. The van der Waals surface area contributed by atoms with E-state index in [2.05, 4.69) is 31.9 Å². The molecule has 8 N–H and O–H groups in total. The van der Waals surface area contributed by atoms with Crippen LogP contribution < -0.4 is 37.5 Å². The van der Waals surface area contributed by atoms with Crippen LogP contribution in [0, 0.1) is 18.7 Å². The van der Waals surface area contributed by atoms with Crippen LogP contribution in [-0.2, 0) is 79.4 Å². The van der Waals surface area contributed by atoms with Gasteiger partial charge in [0.05, 0.1) is 55.7 Å². The first kappa shape index (κ1) is 55.0. The summed E-state index contributed by atoms with van der Waals surface area (Å²) >= 11 is 0. The van der Waals surface area contributed by atoms with Crippen LogP contribution >= 0.6 is 0 Å². The smallest absolute Gasteiger partial charge is 0.257 e. The van der Waals surface area contributed by atoms with E-state index in [4.69, 9.17) is 14.5 Å². The monoisotopic (exact) mass is 1080 g/mol. The molecule has 412 valence electrons. The zero-order valence-corrected chi connectivity index (χ0v) is 43.2. The highest BCUT2D eigenvalue weighted by Crippen LogP contribution is 2.46. The first-order valence-electron chi connectivity index (χ1n) is 26.3. The fourth-order valence-electron chi connectivity index (χ4n) is 10.7. The third-order valence-electron chi connectivity index (χ3n) is 15.1. The highest BCUT2D eigenvalue weighted by atomic mass is 19.1. The van der Waals surface area contributed by atoms with Crippen molar-refractivity contribution in [3.8, 4) is 11.4 Å². The number of fused-ring (bicyclic) bond motifs is 5. The number of halogens is 1. The molecule has 0 spiro atoms. The second kappa shape index (κ2) is 23.5. The summed E-state index contributed by atoms with van der Waals surface area (Å²) in [6, 6.07) is 10.0. The molecule has 8 amide bonds. The summed E-state index contributed by atoms with van der Waals surface area (Å²) in [6.45, 7) is 1.66. The normalized spacial score (nSPS) is 19.6. The predicted octanol–water partition coefficient (Wildman–Crippen LogP) is 0.853. The average molecular weight is 1080 g/mol. The van der Waals surface area contributed by atoms with Crippen LogP contribution in [0.25, 0.3) is 22.3 Å². The van der Waals surface area contributed by atoms with Crippen molar-refractivity contribution in [3.63, 3.8) is 0 Å². The molecule has 78 heavy (non-hydrogen) atoms. The molecule has 2 aliphatic carbocycles. The van der Waals surface area contributed by atoms with Crippen LogP contribution in [0.1, 0.15) is 103 Å². The lowest BCUT2D eigenvalue weighted by molar-refractivity contribution is -0.236. The molecular weight excluding hydrogens is 1010 g/mol. The number of hydrogen-bond acceptors (Lipinski definition) is 14. The largest absolute Gasteiger partial charge is 0.380 e. The van der Waals surface area contributed by atoms with Crippen molar-refractivity contribution in [1.82, 2.24) is 46.4 Å². The van der Waals surface area contributed by atoms with Crippen LogP contribution in [0.4, 0.5) is 4.39 Å². The second-order valence-electron chi connectivity index (χ2n) is 20.3. The van der Waals surface area contributed by atoms with Gasteiger partial charge in [-0.05, 0) is 86.1 Å². The van der Waals surface area contributed by atoms with Gasteiger partial charge in [-0.1, -0.05) is 43.7 Å². The van der Waals surface area contributed by atoms with E-state index >= 15 is 4.39 Å². The van der Waals surface area contributed by atoms with E-state index in [1.54, 1.807) is 50.2 Å². The molecule has 4 aromatic rings. The lowest BCUT2D eigenvalue weighted by atomic mass is 9.81. The number of amides is 8. The Labute approximate surface area is 446 Å². The van der Waals surface area contributed by atoms with Crippen molar-refractivity contribution in [2.45, 2.75) is 121 Å². The molecule has 1 unspecified atom stereocenters. The van der Waals surface area contributed by atoms with Crippen molar-refractivity contribution in [1.29, 1.82) is 0 Å². The minimum Gasteiger partial charge on any atom is -0.380 e. The van der Waals surface area contributed by atoms with Crippen molar-refractivity contribution in [2.24, 2.45) is 5.92 Å². The SMILES string of the molecule is CC[C@]1(O)c2cc3n(c(=O)c2COC1O)Cc1c-3nc2cc(F)c(C)c3c2c1[C@@H](NC(=O)[C@H](OCNC(=O)CNC(=O)[C@H](Cc1ccccc1)NC(=O)CNC(=O)CNC(=O)CCCCCN1C(=O)C=CC1=O)C1CC1)CC3. The third kappa shape index (κ3) is 11.7. The first-order valence-corrected chi connectivity index (χ1v) is 26.3. The van der Waals surface area contributed by atoms with Gasteiger partial charge < -0.3 is 56.2 Å². The minimum absolute atomic E-state index is 0.0425. The fraction of sp³-hybridized carbons (Fsp3) is 0.455. The van der Waals surface area contributed by atoms with Gasteiger partial charge in [-0.3, -0.25) is 48.1 Å². The van der Waals surface area contributed by atoms with Crippen LogP contribution in [0.5, 0.6) is 0 Å². The fourth-order valence-corrected chi connectivity index (χ4v) is 10.7. The molecule has 5 atom stereocenters. The van der Waals surface area contributed by atoms with Gasteiger partial charge in [0.25, 0.3) is 17.4 Å². The number of rotatable bonds is 23. The number of aliphatic hydroxyl groups is 2. The summed E-state index contributed by atoms with van der Waals surface area (Å²) in [4.78, 5) is 122. The Bertz CT molecular complexity index is 3160. The van der Waals surface area contributed by atoms with Gasteiger partial charge in [-0.15, -0.1) is 0 Å². The van der Waals surface area contributed by atoms with Crippen molar-refractivity contribution in [2.75, 3.05) is 32.9 Å². The number of carbonyl (C=O) groups is 8. The van der Waals surface area contributed by atoms with Gasteiger partial charge in [0.1, 0.15) is 30.3 Å². The Balaban J connectivity index is 0.777. The molecule has 0 bridgehead atoms. The quantitative estimate of drug-likeness (QED) is 0.0256. The zero-order valence-electron chi connectivity index (χ0n) is 43.2. The lowest BCUT2D eigenvalue weighted by Crippen LogP contribution is -2.52. The maximum Gasteiger partial charge on any atom is 0.257 e. The molecule has 2 aromatic carbocycles. The van der Waals surface area contributed by atoms with Crippen LogP contribution in [0.2, 0.25) is 0 Å². The average Bonchev–Trinajstić information content (AvgIpc) is 4.33. The molecule has 2 aromatic heterocycles. The minimum atomic E-state index is -1.86. The summed E-state index contributed by atoms with van der Waals surface area (Å²) in [5.41, 5.74) is 2.51. The Morgan fingerprint density at radius 2 is 1.56 bits per heavy atom. The standard InChI is InChI=1S/C55H62FN9O13/c1-3-55(76)35-21-40-49-33(26-65(40)53(74)34(35)27-77-54(55)75)48-37(16-15-32-29(2)36(56)22-38(62-49)47(32)48)63-52(73)50(31-13-14-31)78-28-60-43(68)24-59-51(72)39(20-30-10-6-4-7-11-30)61-44(69)25-58-42(67)23-57-41(66)12-8-5-9-19-64-45(70)17-18-46(64)71/h4,6-7,10-11,17-18,21-22,31,37,39,50,54,75-76H,3,5,8-9,12-16,19-20,23-28H2,1-2H3,(H,57,66)(H,58,67)(H,59,72)(H,60,68)(H,61,69)(H,63,73)/t37-,39-,50+,54?,55-/m0/s1. The summed E-state index contributed by atoms with van der Waals surface area (Å²) < 4.78 is 28.5. The molecular formula is C55H62FN9O13. The molecule has 0 radical (unpaired) electrons.